The zero-order valence-corrected chi connectivity index (χ0v) is 12.5. The van der Waals surface area contributed by atoms with Crippen molar-refractivity contribution >= 4 is 11.6 Å². The minimum Gasteiger partial charge on any atom is -0.395 e. The van der Waals surface area contributed by atoms with E-state index in [9.17, 15) is 5.11 Å². The number of nitrogens with zero attached hydrogens (tertiary/aromatic N) is 3. The van der Waals surface area contributed by atoms with E-state index in [-0.39, 0.29) is 6.61 Å². The second-order valence-corrected chi connectivity index (χ2v) is 4.52. The summed E-state index contributed by atoms with van der Waals surface area (Å²) in [4.78, 5) is 11.2. The summed E-state index contributed by atoms with van der Waals surface area (Å²) >= 11 is 0. The van der Waals surface area contributed by atoms with E-state index in [1.807, 2.05) is 20.0 Å². The standard InChI is InChI=1S/C14H26N4O/c1-5-11(6-2)18(8-9-19)14-10-13(15-4)16-12(7-3)17-14/h10-11,19H,5-9H2,1-4H3,(H,15,16,17). The molecule has 0 aliphatic carbocycles. The van der Waals surface area contributed by atoms with Crippen molar-refractivity contribution in [2.45, 2.75) is 46.1 Å². The molecule has 1 heterocycles. The van der Waals surface area contributed by atoms with E-state index in [0.29, 0.717) is 12.6 Å². The van der Waals surface area contributed by atoms with Crippen molar-refractivity contribution in [1.29, 1.82) is 0 Å². The zero-order chi connectivity index (χ0) is 14.3. The molecule has 0 amide bonds. The molecule has 0 unspecified atom stereocenters. The van der Waals surface area contributed by atoms with Gasteiger partial charge in [0.25, 0.3) is 0 Å². The van der Waals surface area contributed by atoms with Crippen molar-refractivity contribution in [2.75, 3.05) is 30.4 Å². The molecule has 5 nitrogen and oxygen atoms in total. The number of nitrogens with one attached hydrogen (secondary N) is 1. The average Bonchev–Trinajstić information content (AvgIpc) is 2.46. The van der Waals surface area contributed by atoms with Crippen molar-refractivity contribution in [3.05, 3.63) is 11.9 Å². The van der Waals surface area contributed by atoms with Gasteiger partial charge in [-0.05, 0) is 12.8 Å². The van der Waals surface area contributed by atoms with Crippen LogP contribution in [-0.4, -0.2) is 41.3 Å². The molecule has 0 aliphatic rings. The summed E-state index contributed by atoms with van der Waals surface area (Å²) < 4.78 is 0. The molecule has 0 atom stereocenters. The van der Waals surface area contributed by atoms with Gasteiger partial charge in [0.15, 0.2) is 0 Å². The highest BCUT2D eigenvalue weighted by Gasteiger charge is 2.17. The van der Waals surface area contributed by atoms with Crippen molar-refractivity contribution in [3.63, 3.8) is 0 Å². The van der Waals surface area contributed by atoms with E-state index < -0.39 is 0 Å². The molecule has 0 aromatic carbocycles. The maximum Gasteiger partial charge on any atom is 0.134 e. The van der Waals surface area contributed by atoms with Crippen LogP contribution in [0.5, 0.6) is 0 Å². The lowest BCUT2D eigenvalue weighted by Crippen LogP contribution is -2.37. The Labute approximate surface area is 116 Å². The Kier molecular flexibility index (Phi) is 6.56. The van der Waals surface area contributed by atoms with Crippen molar-refractivity contribution in [3.8, 4) is 0 Å². The summed E-state index contributed by atoms with van der Waals surface area (Å²) in [5, 5.41) is 12.4. The van der Waals surface area contributed by atoms with Gasteiger partial charge in [0.05, 0.1) is 6.61 Å². The Morgan fingerprint density at radius 3 is 2.42 bits per heavy atom. The summed E-state index contributed by atoms with van der Waals surface area (Å²) in [6, 6.07) is 2.35. The van der Waals surface area contributed by atoms with Gasteiger partial charge >= 0.3 is 0 Å². The van der Waals surface area contributed by atoms with Gasteiger partial charge in [-0.2, -0.15) is 0 Å². The molecular formula is C14H26N4O. The number of aryl methyl sites for hydroxylation is 1. The van der Waals surface area contributed by atoms with Crippen LogP contribution in [0.25, 0.3) is 0 Å². The van der Waals surface area contributed by atoms with Crippen LogP contribution < -0.4 is 10.2 Å². The van der Waals surface area contributed by atoms with Crippen LogP contribution in [0, 0.1) is 0 Å². The van der Waals surface area contributed by atoms with E-state index >= 15 is 0 Å². The molecule has 1 rings (SSSR count). The van der Waals surface area contributed by atoms with Crippen LogP contribution in [0.1, 0.15) is 39.4 Å². The summed E-state index contributed by atoms with van der Waals surface area (Å²) in [7, 11) is 1.86. The molecule has 2 N–H and O–H groups in total. The second kappa shape index (κ2) is 7.94. The summed E-state index contributed by atoms with van der Waals surface area (Å²) in [5.74, 6) is 2.56. The lowest BCUT2D eigenvalue weighted by Gasteiger charge is -2.31. The molecule has 0 bridgehead atoms. The van der Waals surface area contributed by atoms with E-state index in [2.05, 4.69) is 34.0 Å². The predicted octanol–water partition coefficient (Wildman–Crippen LogP) is 2.07. The first kappa shape index (κ1) is 15.7. The number of aromatic nitrogens is 2. The van der Waals surface area contributed by atoms with Gasteiger partial charge in [-0.3, -0.25) is 0 Å². The lowest BCUT2D eigenvalue weighted by molar-refractivity contribution is 0.295. The molecule has 5 heteroatoms. The molecule has 1 aromatic heterocycles. The van der Waals surface area contributed by atoms with Gasteiger partial charge in [0.2, 0.25) is 0 Å². The topological polar surface area (TPSA) is 61.3 Å². The van der Waals surface area contributed by atoms with E-state index in [1.165, 1.54) is 0 Å². The Morgan fingerprint density at radius 2 is 1.95 bits per heavy atom. The molecule has 0 spiro atoms. The van der Waals surface area contributed by atoms with Crippen molar-refractivity contribution < 1.29 is 5.11 Å². The quantitative estimate of drug-likeness (QED) is 0.754. The van der Waals surface area contributed by atoms with Gasteiger partial charge in [-0.1, -0.05) is 20.8 Å². The maximum atomic E-state index is 9.29. The molecule has 0 saturated heterocycles. The Balaban J connectivity index is 3.12. The van der Waals surface area contributed by atoms with Gasteiger partial charge in [-0.15, -0.1) is 0 Å². The molecule has 1 aromatic rings. The van der Waals surface area contributed by atoms with Crippen LogP contribution in [-0.2, 0) is 6.42 Å². The minimum atomic E-state index is 0.136. The van der Waals surface area contributed by atoms with Crippen LogP contribution >= 0.6 is 0 Å². The fraction of sp³-hybridized carbons (Fsp3) is 0.714. The number of aliphatic hydroxyl groups excluding tert-OH is 1. The van der Waals surface area contributed by atoms with E-state index in [4.69, 9.17) is 0 Å². The van der Waals surface area contributed by atoms with Crippen LogP contribution in [0.2, 0.25) is 0 Å². The summed E-state index contributed by atoms with van der Waals surface area (Å²) in [5.41, 5.74) is 0. The monoisotopic (exact) mass is 266 g/mol. The third-order valence-electron chi connectivity index (χ3n) is 3.35. The Hall–Kier alpha value is -1.36. The first-order valence-electron chi connectivity index (χ1n) is 7.13. The van der Waals surface area contributed by atoms with Gasteiger partial charge in [0.1, 0.15) is 17.5 Å². The number of aliphatic hydroxyl groups is 1. The third kappa shape index (κ3) is 4.06. The lowest BCUT2D eigenvalue weighted by atomic mass is 10.1. The molecule has 0 aliphatic heterocycles. The second-order valence-electron chi connectivity index (χ2n) is 4.52. The fourth-order valence-electron chi connectivity index (χ4n) is 2.24. The first-order chi connectivity index (χ1) is 9.19. The maximum absolute atomic E-state index is 9.29. The van der Waals surface area contributed by atoms with E-state index in [0.717, 1.165) is 36.7 Å². The first-order valence-corrected chi connectivity index (χ1v) is 7.13. The minimum absolute atomic E-state index is 0.136. The number of rotatable bonds is 8. The van der Waals surface area contributed by atoms with Gasteiger partial charge < -0.3 is 15.3 Å². The number of hydrogen-bond donors (Lipinski definition) is 2. The van der Waals surface area contributed by atoms with Gasteiger partial charge in [-0.25, -0.2) is 9.97 Å². The van der Waals surface area contributed by atoms with Crippen LogP contribution in [0.3, 0.4) is 0 Å². The number of anilines is 2. The highest BCUT2D eigenvalue weighted by Crippen LogP contribution is 2.21. The third-order valence-corrected chi connectivity index (χ3v) is 3.35. The Bertz CT molecular complexity index is 357. The molecule has 19 heavy (non-hydrogen) atoms. The van der Waals surface area contributed by atoms with Crippen LogP contribution in [0.15, 0.2) is 6.07 Å². The smallest absolute Gasteiger partial charge is 0.134 e. The van der Waals surface area contributed by atoms with Gasteiger partial charge in [0, 0.05) is 32.1 Å². The molecule has 0 fully saturated rings. The Morgan fingerprint density at radius 1 is 1.26 bits per heavy atom. The summed E-state index contributed by atoms with van der Waals surface area (Å²) in [6.45, 7) is 7.12. The predicted molar refractivity (Wildman–Crippen MR) is 79.8 cm³/mol. The van der Waals surface area contributed by atoms with Crippen molar-refractivity contribution in [1.82, 2.24) is 9.97 Å². The largest absolute Gasteiger partial charge is 0.395 e. The van der Waals surface area contributed by atoms with Crippen LogP contribution in [0.4, 0.5) is 11.6 Å². The highest BCUT2D eigenvalue weighted by atomic mass is 16.3. The highest BCUT2D eigenvalue weighted by molar-refractivity contribution is 5.50. The van der Waals surface area contributed by atoms with Crippen molar-refractivity contribution in [2.24, 2.45) is 0 Å². The van der Waals surface area contributed by atoms with E-state index in [1.54, 1.807) is 0 Å². The zero-order valence-electron chi connectivity index (χ0n) is 12.5. The summed E-state index contributed by atoms with van der Waals surface area (Å²) in [6.07, 6.45) is 2.88. The fourth-order valence-corrected chi connectivity index (χ4v) is 2.24. The molecule has 0 radical (unpaired) electrons. The molecule has 108 valence electrons. The SMILES string of the molecule is CCc1nc(NC)cc(N(CCO)C(CC)CC)n1. The number of hydrogen-bond acceptors (Lipinski definition) is 5. The molecular weight excluding hydrogens is 240 g/mol. The molecule has 0 saturated carbocycles. The average molecular weight is 266 g/mol. The normalized spacial score (nSPS) is 10.8.